The Balaban J connectivity index is 1.86. The average Bonchev–Trinajstić information content (AvgIpc) is 3.15. The van der Waals surface area contributed by atoms with Gasteiger partial charge < -0.3 is 14.6 Å². The van der Waals surface area contributed by atoms with Gasteiger partial charge in [0.15, 0.2) is 11.5 Å². The summed E-state index contributed by atoms with van der Waals surface area (Å²) in [7, 11) is 3.08. The normalized spacial score (nSPS) is 14.4. The van der Waals surface area contributed by atoms with E-state index in [9.17, 15) is 14.7 Å². The number of anilines is 1. The third-order valence-electron chi connectivity index (χ3n) is 5.29. The predicted molar refractivity (Wildman–Crippen MR) is 133 cm³/mol. The minimum Gasteiger partial charge on any atom is -0.493 e. The summed E-state index contributed by atoms with van der Waals surface area (Å²) in [5.41, 5.74) is 2.64. The molecule has 0 saturated carbocycles. The Kier molecular flexibility index (Phi) is 6.63. The Morgan fingerprint density at radius 1 is 0.941 bits per heavy atom. The van der Waals surface area contributed by atoms with Gasteiger partial charge in [0.05, 0.1) is 36.2 Å². The predicted octanol–water partition coefficient (Wildman–Crippen LogP) is 6.18. The molecule has 0 fully saturated rings. The Bertz CT molecular complexity index is 1350. The first kappa shape index (κ1) is 23.4. The molecule has 1 amide bonds. The maximum Gasteiger partial charge on any atom is 0.335 e. The summed E-state index contributed by atoms with van der Waals surface area (Å²) < 4.78 is 10.6. The van der Waals surface area contributed by atoms with Crippen LogP contribution in [0.5, 0.6) is 11.5 Å². The first-order valence-electron chi connectivity index (χ1n) is 10.1. The van der Waals surface area contributed by atoms with E-state index in [0.29, 0.717) is 33.4 Å². The quantitative estimate of drug-likeness (QED) is 0.413. The van der Waals surface area contributed by atoms with Gasteiger partial charge in [-0.1, -0.05) is 41.4 Å². The minimum atomic E-state index is -1.12. The molecule has 8 heteroatoms. The van der Waals surface area contributed by atoms with Crippen molar-refractivity contribution >= 4 is 52.5 Å². The molecule has 34 heavy (non-hydrogen) atoms. The van der Waals surface area contributed by atoms with Crippen molar-refractivity contribution in [3.8, 4) is 11.5 Å². The summed E-state index contributed by atoms with van der Waals surface area (Å²) in [5, 5.41) is 10.2. The Labute approximate surface area is 206 Å². The molecule has 0 bridgehead atoms. The highest BCUT2D eigenvalue weighted by Crippen LogP contribution is 2.40. The highest BCUT2D eigenvalue weighted by Gasteiger charge is 2.32. The summed E-state index contributed by atoms with van der Waals surface area (Å²) in [6.45, 7) is 0. The van der Waals surface area contributed by atoms with Crippen LogP contribution < -0.4 is 14.4 Å². The van der Waals surface area contributed by atoms with E-state index in [2.05, 4.69) is 0 Å². The molecule has 0 radical (unpaired) electrons. The fourth-order valence-electron chi connectivity index (χ4n) is 3.63. The Hall–Kier alpha value is -3.74. The maximum atomic E-state index is 13.6. The lowest BCUT2D eigenvalue weighted by atomic mass is 10.1. The van der Waals surface area contributed by atoms with Gasteiger partial charge in [-0.15, -0.1) is 0 Å². The van der Waals surface area contributed by atoms with Gasteiger partial charge in [0.2, 0.25) is 0 Å². The van der Waals surface area contributed by atoms with Crippen molar-refractivity contribution in [1.29, 1.82) is 0 Å². The second-order valence-corrected chi connectivity index (χ2v) is 8.21. The minimum absolute atomic E-state index is 0.0139. The smallest absolute Gasteiger partial charge is 0.335 e. The zero-order valence-corrected chi connectivity index (χ0v) is 19.7. The summed E-state index contributed by atoms with van der Waals surface area (Å²) in [6.07, 6.45) is 3.45. The van der Waals surface area contributed by atoms with E-state index in [4.69, 9.17) is 32.7 Å². The second kappa shape index (κ2) is 9.63. The number of carbonyl (C=O) groups excluding carboxylic acids is 1. The van der Waals surface area contributed by atoms with Gasteiger partial charge in [-0.05, 0) is 65.7 Å². The van der Waals surface area contributed by atoms with Gasteiger partial charge in [0.25, 0.3) is 5.91 Å². The first-order valence-corrected chi connectivity index (χ1v) is 10.9. The van der Waals surface area contributed by atoms with Crippen LogP contribution in [0, 0.1) is 0 Å². The number of benzene rings is 3. The number of ether oxygens (including phenoxy) is 2. The van der Waals surface area contributed by atoms with Crippen LogP contribution in [0.25, 0.3) is 11.8 Å². The summed E-state index contributed by atoms with van der Waals surface area (Å²) in [4.78, 5) is 26.6. The zero-order chi connectivity index (χ0) is 24.4. The topological polar surface area (TPSA) is 76.1 Å². The summed E-state index contributed by atoms with van der Waals surface area (Å²) in [5.74, 6) is -0.385. The number of nitrogens with zero attached hydrogens (tertiary/aromatic N) is 1. The molecule has 1 heterocycles. The number of aromatic carboxylic acids is 1. The van der Waals surface area contributed by atoms with Crippen molar-refractivity contribution in [1.82, 2.24) is 0 Å². The lowest BCUT2D eigenvalue weighted by molar-refractivity contribution is -0.113. The van der Waals surface area contributed by atoms with E-state index in [-0.39, 0.29) is 22.2 Å². The van der Waals surface area contributed by atoms with Crippen LogP contribution in [0.4, 0.5) is 5.69 Å². The van der Waals surface area contributed by atoms with Gasteiger partial charge >= 0.3 is 5.97 Å². The van der Waals surface area contributed by atoms with Gasteiger partial charge in [-0.3, -0.25) is 9.69 Å². The molecule has 0 aliphatic carbocycles. The van der Waals surface area contributed by atoms with Crippen LogP contribution >= 0.6 is 23.2 Å². The number of carboxylic acids is 1. The number of hydrogen-bond donors (Lipinski definition) is 1. The van der Waals surface area contributed by atoms with Crippen LogP contribution in [0.15, 0.2) is 72.3 Å². The molecular formula is C26H19Cl2NO5. The molecule has 0 atom stereocenters. The average molecular weight is 496 g/mol. The third-order valence-corrected chi connectivity index (χ3v) is 5.86. The molecule has 0 saturated heterocycles. The number of amides is 1. The fourth-order valence-corrected chi connectivity index (χ4v) is 3.95. The standard InChI is InChI=1S/C26H19Cl2NO5/c1-33-23-10-3-15(12-24(23)34-2)11-18-14-21(16-4-7-19(27)8-5-16)29(25(18)30)22-13-17(26(31)32)6-9-20(22)28/h3-14H,1-2H3,(H,31,32)/b18-11+. The molecular weight excluding hydrogens is 477 g/mol. The van der Waals surface area contributed by atoms with Gasteiger partial charge in [0, 0.05) is 10.6 Å². The highest BCUT2D eigenvalue weighted by molar-refractivity contribution is 6.36. The van der Waals surface area contributed by atoms with Crippen molar-refractivity contribution in [2.75, 3.05) is 19.1 Å². The van der Waals surface area contributed by atoms with Gasteiger partial charge in [-0.25, -0.2) is 4.79 Å². The highest BCUT2D eigenvalue weighted by atomic mass is 35.5. The SMILES string of the molecule is COc1ccc(/C=C2\C=C(c3ccc(Cl)cc3)N(c3cc(C(=O)O)ccc3Cl)C2=O)cc1OC. The zero-order valence-electron chi connectivity index (χ0n) is 18.2. The monoisotopic (exact) mass is 495 g/mol. The maximum absolute atomic E-state index is 13.6. The van der Waals surface area contributed by atoms with Crippen LogP contribution in [0.3, 0.4) is 0 Å². The number of carboxylic acid groups (broad SMARTS) is 1. The molecule has 1 aliphatic rings. The van der Waals surface area contributed by atoms with Gasteiger partial charge in [-0.2, -0.15) is 0 Å². The van der Waals surface area contributed by atoms with Crippen LogP contribution in [-0.2, 0) is 4.79 Å². The van der Waals surface area contributed by atoms with Crippen LogP contribution in [0.2, 0.25) is 10.0 Å². The van der Waals surface area contributed by atoms with E-state index >= 15 is 0 Å². The van der Waals surface area contributed by atoms with Crippen molar-refractivity contribution in [3.05, 3.63) is 99.0 Å². The largest absolute Gasteiger partial charge is 0.493 e. The molecule has 3 aromatic rings. The van der Waals surface area contributed by atoms with E-state index in [1.165, 1.54) is 30.2 Å². The molecule has 1 aliphatic heterocycles. The lowest BCUT2D eigenvalue weighted by Crippen LogP contribution is -2.25. The molecule has 3 aromatic carbocycles. The molecule has 172 valence electrons. The van der Waals surface area contributed by atoms with E-state index in [0.717, 1.165) is 5.56 Å². The molecule has 0 aromatic heterocycles. The number of rotatable bonds is 6. The summed E-state index contributed by atoms with van der Waals surface area (Å²) >= 11 is 12.5. The van der Waals surface area contributed by atoms with Crippen molar-refractivity contribution in [2.24, 2.45) is 0 Å². The van der Waals surface area contributed by atoms with E-state index < -0.39 is 5.97 Å². The van der Waals surface area contributed by atoms with E-state index in [1.807, 2.05) is 0 Å². The first-order chi connectivity index (χ1) is 16.3. The fraction of sp³-hybridized carbons (Fsp3) is 0.0769. The van der Waals surface area contributed by atoms with E-state index in [1.54, 1.807) is 61.7 Å². The molecule has 6 nitrogen and oxygen atoms in total. The molecule has 0 spiro atoms. The number of methoxy groups -OCH3 is 2. The Morgan fingerprint density at radius 2 is 1.65 bits per heavy atom. The van der Waals surface area contributed by atoms with Crippen molar-refractivity contribution in [3.63, 3.8) is 0 Å². The summed E-state index contributed by atoms with van der Waals surface area (Å²) in [6, 6.07) is 16.5. The molecule has 4 rings (SSSR count). The molecule has 1 N–H and O–H groups in total. The van der Waals surface area contributed by atoms with Crippen LogP contribution in [0.1, 0.15) is 21.5 Å². The second-order valence-electron chi connectivity index (χ2n) is 7.36. The van der Waals surface area contributed by atoms with Crippen molar-refractivity contribution in [2.45, 2.75) is 0 Å². The van der Waals surface area contributed by atoms with Gasteiger partial charge in [0.1, 0.15) is 0 Å². The number of hydrogen-bond acceptors (Lipinski definition) is 4. The Morgan fingerprint density at radius 3 is 2.29 bits per heavy atom. The third kappa shape index (κ3) is 4.51. The van der Waals surface area contributed by atoms with Crippen molar-refractivity contribution < 1.29 is 24.2 Å². The molecule has 0 unspecified atom stereocenters. The number of carbonyl (C=O) groups is 2. The lowest BCUT2D eigenvalue weighted by Gasteiger charge is -2.22. The number of halogens is 2. The van der Waals surface area contributed by atoms with Crippen LogP contribution in [-0.4, -0.2) is 31.2 Å².